The fourth-order valence-corrected chi connectivity index (χ4v) is 7.30. The first-order valence-electron chi connectivity index (χ1n) is 18.9. The molecule has 4 aromatic rings. The van der Waals surface area contributed by atoms with E-state index in [2.05, 4.69) is 112 Å². The quantitative estimate of drug-likeness (QED) is 0.109. The van der Waals surface area contributed by atoms with Gasteiger partial charge in [-0.25, -0.2) is 0 Å². The number of hydrogen-bond acceptors (Lipinski definition) is 5. The third-order valence-corrected chi connectivity index (χ3v) is 10.2. The summed E-state index contributed by atoms with van der Waals surface area (Å²) in [5.41, 5.74) is 12.3. The van der Waals surface area contributed by atoms with Crippen molar-refractivity contribution in [3.05, 3.63) is 189 Å². The van der Waals surface area contributed by atoms with Crippen molar-refractivity contribution < 1.29 is 23.7 Å². The van der Waals surface area contributed by atoms with Gasteiger partial charge in [-0.05, 0) is 89.3 Å². The highest BCUT2D eigenvalue weighted by Gasteiger charge is 2.41. The monoisotopic (exact) mass is 710 g/mol. The van der Waals surface area contributed by atoms with Gasteiger partial charge in [0.1, 0.15) is 12.2 Å². The van der Waals surface area contributed by atoms with Crippen molar-refractivity contribution in [3.8, 4) is 0 Å². The summed E-state index contributed by atoms with van der Waals surface area (Å²) >= 11 is 0. The van der Waals surface area contributed by atoms with Gasteiger partial charge in [0.05, 0.1) is 45.2 Å². The van der Waals surface area contributed by atoms with Crippen molar-refractivity contribution in [2.45, 2.75) is 84.3 Å². The smallest absolute Gasteiger partial charge is 0.113 e. The number of ether oxygens (including phenoxy) is 5. The molecule has 4 aromatic carbocycles. The van der Waals surface area contributed by atoms with E-state index in [0.29, 0.717) is 39.5 Å². The highest BCUT2D eigenvalue weighted by Crippen LogP contribution is 2.39. The van der Waals surface area contributed by atoms with Crippen LogP contribution in [-0.4, -0.2) is 38.6 Å². The molecule has 1 aliphatic heterocycles. The molecule has 2 aliphatic rings. The van der Waals surface area contributed by atoms with E-state index in [1.54, 1.807) is 7.11 Å². The van der Waals surface area contributed by atoms with Gasteiger partial charge in [0.2, 0.25) is 0 Å². The van der Waals surface area contributed by atoms with Gasteiger partial charge in [-0.1, -0.05) is 133 Å². The molecule has 5 heteroatoms. The van der Waals surface area contributed by atoms with Crippen LogP contribution < -0.4 is 0 Å². The Bertz CT molecular complexity index is 1860. The Morgan fingerprint density at radius 2 is 1.40 bits per heavy atom. The maximum Gasteiger partial charge on any atom is 0.113 e. The third kappa shape index (κ3) is 10.6. The van der Waals surface area contributed by atoms with Crippen molar-refractivity contribution >= 4 is 0 Å². The van der Waals surface area contributed by atoms with Gasteiger partial charge in [0.25, 0.3) is 0 Å². The van der Waals surface area contributed by atoms with E-state index < -0.39 is 0 Å². The van der Waals surface area contributed by atoms with Gasteiger partial charge >= 0.3 is 0 Å². The topological polar surface area (TPSA) is 46.2 Å². The molecule has 0 radical (unpaired) electrons. The van der Waals surface area contributed by atoms with Crippen molar-refractivity contribution in [1.29, 1.82) is 0 Å². The highest BCUT2D eigenvalue weighted by atomic mass is 16.6. The second kappa shape index (κ2) is 19.6. The van der Waals surface area contributed by atoms with Crippen LogP contribution >= 0.6 is 0 Å². The van der Waals surface area contributed by atoms with Gasteiger partial charge in [0, 0.05) is 13.5 Å². The Morgan fingerprint density at radius 3 is 2.04 bits per heavy atom. The van der Waals surface area contributed by atoms with Crippen molar-refractivity contribution in [2.24, 2.45) is 0 Å². The highest BCUT2D eigenvalue weighted by molar-refractivity contribution is 5.59. The lowest BCUT2D eigenvalue weighted by Gasteiger charge is -2.42. The molecule has 1 fully saturated rings. The number of allylic oxidation sites excluding steroid dienone is 7. The average molecular weight is 711 g/mol. The largest absolute Gasteiger partial charge is 0.384 e. The molecular formula is C48H54O5. The number of benzene rings is 4. The molecular weight excluding hydrogens is 657 g/mol. The molecule has 4 atom stereocenters. The first-order chi connectivity index (χ1) is 26.0. The fourth-order valence-electron chi connectivity index (χ4n) is 7.30. The van der Waals surface area contributed by atoms with Gasteiger partial charge < -0.3 is 23.7 Å². The zero-order valence-corrected chi connectivity index (χ0v) is 31.7. The lowest BCUT2D eigenvalue weighted by atomic mass is 9.89. The van der Waals surface area contributed by atoms with Crippen LogP contribution in [0.4, 0.5) is 0 Å². The van der Waals surface area contributed by atoms with Crippen LogP contribution in [0.25, 0.3) is 0 Å². The minimum Gasteiger partial charge on any atom is -0.384 e. The van der Waals surface area contributed by atoms with E-state index in [1.807, 2.05) is 42.5 Å². The van der Waals surface area contributed by atoms with E-state index in [4.69, 9.17) is 23.7 Å². The minimum absolute atomic E-state index is 0.189. The van der Waals surface area contributed by atoms with E-state index in [0.717, 1.165) is 29.5 Å². The Hall–Kier alpha value is -4.36. The van der Waals surface area contributed by atoms with Gasteiger partial charge in [-0.2, -0.15) is 0 Å². The molecule has 1 heterocycles. The summed E-state index contributed by atoms with van der Waals surface area (Å²) in [5, 5.41) is 0. The van der Waals surface area contributed by atoms with Crippen LogP contribution in [0.15, 0.2) is 156 Å². The maximum absolute atomic E-state index is 7.07. The first-order valence-corrected chi connectivity index (χ1v) is 18.9. The molecule has 0 amide bonds. The van der Waals surface area contributed by atoms with Crippen molar-refractivity contribution in [3.63, 3.8) is 0 Å². The predicted octanol–water partition coefficient (Wildman–Crippen LogP) is 10.6. The first kappa shape index (κ1) is 38.4. The SMILES string of the molecule is C/C=C\C=C1\C=C(Cc2ccc(C)c(C3CC(OCc4ccccc4)[C@H](OCc4ccccc4)C(COCc4ccccc4)O3)c2)C(CCOC)=C1C. The van der Waals surface area contributed by atoms with Crippen LogP contribution in [0, 0.1) is 6.92 Å². The number of methoxy groups -OCH3 is 1. The Kier molecular flexibility index (Phi) is 14.2. The molecule has 3 unspecified atom stereocenters. The van der Waals surface area contributed by atoms with Crippen LogP contribution in [0.2, 0.25) is 0 Å². The molecule has 0 spiro atoms. The molecule has 0 saturated carbocycles. The second-order valence-corrected chi connectivity index (χ2v) is 14.0. The summed E-state index contributed by atoms with van der Waals surface area (Å²) in [7, 11) is 1.77. The number of rotatable bonds is 17. The summed E-state index contributed by atoms with van der Waals surface area (Å²) in [6.45, 7) is 9.00. The normalized spacial score (nSPS) is 21.1. The van der Waals surface area contributed by atoms with E-state index in [9.17, 15) is 0 Å². The van der Waals surface area contributed by atoms with Crippen LogP contribution in [0.3, 0.4) is 0 Å². The van der Waals surface area contributed by atoms with Crippen molar-refractivity contribution in [1.82, 2.24) is 0 Å². The molecule has 0 N–H and O–H groups in total. The summed E-state index contributed by atoms with van der Waals surface area (Å²) in [6, 6.07) is 37.8. The van der Waals surface area contributed by atoms with Gasteiger partial charge in [0.15, 0.2) is 0 Å². The Labute approximate surface area is 316 Å². The Morgan fingerprint density at radius 1 is 0.755 bits per heavy atom. The van der Waals surface area contributed by atoms with Crippen LogP contribution in [-0.2, 0) is 49.9 Å². The summed E-state index contributed by atoms with van der Waals surface area (Å²) in [5.74, 6) is 0. The fraction of sp³-hybridized carbons (Fsp3) is 0.333. The number of hydrogen-bond donors (Lipinski definition) is 0. The molecule has 1 saturated heterocycles. The molecule has 0 aromatic heterocycles. The lowest BCUT2D eigenvalue weighted by molar-refractivity contribution is -0.222. The zero-order valence-electron chi connectivity index (χ0n) is 31.7. The molecule has 6 rings (SSSR count). The van der Waals surface area contributed by atoms with E-state index in [-0.39, 0.29) is 24.4 Å². The average Bonchev–Trinajstić information content (AvgIpc) is 3.49. The maximum atomic E-state index is 7.07. The van der Waals surface area contributed by atoms with Gasteiger partial charge in [-0.3, -0.25) is 0 Å². The van der Waals surface area contributed by atoms with Crippen LogP contribution in [0.5, 0.6) is 0 Å². The summed E-state index contributed by atoms with van der Waals surface area (Å²) < 4.78 is 32.5. The third-order valence-electron chi connectivity index (χ3n) is 10.2. The predicted molar refractivity (Wildman–Crippen MR) is 213 cm³/mol. The zero-order chi connectivity index (χ0) is 36.8. The lowest BCUT2D eigenvalue weighted by Crippen LogP contribution is -2.50. The minimum atomic E-state index is -0.340. The van der Waals surface area contributed by atoms with Crippen LogP contribution in [0.1, 0.15) is 66.2 Å². The number of aryl methyl sites for hydroxylation is 1. The Balaban J connectivity index is 1.28. The molecule has 5 nitrogen and oxygen atoms in total. The molecule has 276 valence electrons. The molecule has 1 aliphatic carbocycles. The van der Waals surface area contributed by atoms with Crippen molar-refractivity contribution in [2.75, 3.05) is 20.3 Å². The molecule has 53 heavy (non-hydrogen) atoms. The standard InChI is InChI=1S/C48H54O5/c1-5-6-22-41-29-42(43(36(41)3)25-26-49-4)27-40-24-23-35(2)44(28-40)45-30-46(51-32-38-18-12-8-13-19-38)48(52-33-39-20-14-9-15-21-39)47(53-45)34-50-31-37-16-10-7-11-17-37/h5-24,28-29,45-48H,25-27,30-34H2,1-4H3/b6-5-,41-22-/t45?,46?,47?,48-/m0/s1. The second-order valence-electron chi connectivity index (χ2n) is 14.0. The van der Waals surface area contributed by atoms with E-state index >= 15 is 0 Å². The van der Waals surface area contributed by atoms with Gasteiger partial charge in [-0.15, -0.1) is 0 Å². The molecule has 0 bridgehead atoms. The summed E-state index contributed by atoms with van der Waals surface area (Å²) in [6.07, 6.45) is 10.1. The van der Waals surface area contributed by atoms with E-state index in [1.165, 1.54) is 39.0 Å². The summed E-state index contributed by atoms with van der Waals surface area (Å²) in [4.78, 5) is 0.